The molecule has 1 aliphatic heterocycles. The van der Waals surface area contributed by atoms with Gasteiger partial charge in [-0.05, 0) is 39.0 Å². The molecule has 1 atom stereocenters. The molecule has 2 rings (SSSR count). The number of carbonyl (C=O) groups is 1. The quantitative estimate of drug-likeness (QED) is 0.728. The number of carbonyl (C=O) groups excluding carboxylic acids is 1. The fourth-order valence-electron chi connectivity index (χ4n) is 1.61. The topological polar surface area (TPSA) is 47.9 Å². The second kappa shape index (κ2) is 5.26. The molecule has 0 saturated heterocycles. The summed E-state index contributed by atoms with van der Waals surface area (Å²) in [4.78, 5) is 16.1. The second-order valence-electron chi connectivity index (χ2n) is 5.23. The van der Waals surface area contributed by atoms with Crippen LogP contribution < -0.4 is 4.74 Å². The van der Waals surface area contributed by atoms with E-state index in [0.29, 0.717) is 5.75 Å². The Morgan fingerprint density at radius 3 is 2.79 bits per heavy atom. The number of hydrogen-bond acceptors (Lipinski definition) is 4. The summed E-state index contributed by atoms with van der Waals surface area (Å²) in [6.07, 6.45) is 4.04. The van der Waals surface area contributed by atoms with Crippen molar-refractivity contribution in [1.82, 2.24) is 0 Å². The van der Waals surface area contributed by atoms with Gasteiger partial charge in [-0.2, -0.15) is 0 Å². The van der Waals surface area contributed by atoms with Gasteiger partial charge >= 0.3 is 5.97 Å². The fourth-order valence-corrected chi connectivity index (χ4v) is 1.61. The predicted molar refractivity (Wildman–Crippen MR) is 73.4 cm³/mol. The van der Waals surface area contributed by atoms with Crippen molar-refractivity contribution in [2.24, 2.45) is 4.99 Å². The van der Waals surface area contributed by atoms with Crippen LogP contribution in [-0.2, 0) is 9.53 Å². The fraction of sp³-hybridized carbons (Fsp3) is 0.333. The van der Waals surface area contributed by atoms with Crippen LogP contribution in [0.15, 0.2) is 41.5 Å². The zero-order valence-electron chi connectivity index (χ0n) is 11.3. The molecule has 0 bridgehead atoms. The number of benzene rings is 1. The molecule has 0 saturated carbocycles. The number of rotatable bonds is 1. The molecule has 0 aromatic heterocycles. The van der Waals surface area contributed by atoms with Crippen molar-refractivity contribution in [3.63, 3.8) is 0 Å². The predicted octanol–water partition coefficient (Wildman–Crippen LogP) is 2.72. The van der Waals surface area contributed by atoms with Gasteiger partial charge in [0, 0.05) is 18.0 Å². The van der Waals surface area contributed by atoms with Crippen LogP contribution in [0.1, 0.15) is 26.3 Å². The van der Waals surface area contributed by atoms with E-state index in [4.69, 9.17) is 9.47 Å². The Labute approximate surface area is 112 Å². The minimum Gasteiger partial charge on any atom is -0.474 e. The third kappa shape index (κ3) is 3.68. The van der Waals surface area contributed by atoms with Crippen molar-refractivity contribution in [2.45, 2.75) is 32.5 Å². The second-order valence-corrected chi connectivity index (χ2v) is 5.23. The monoisotopic (exact) mass is 259 g/mol. The summed E-state index contributed by atoms with van der Waals surface area (Å²) in [6.45, 7) is 5.47. The molecule has 100 valence electrons. The Bertz CT molecular complexity index is 526. The van der Waals surface area contributed by atoms with Gasteiger partial charge < -0.3 is 9.47 Å². The first-order valence-electron chi connectivity index (χ1n) is 6.14. The highest BCUT2D eigenvalue weighted by molar-refractivity contribution is 5.85. The number of ether oxygens (including phenoxy) is 2. The summed E-state index contributed by atoms with van der Waals surface area (Å²) in [5.74, 6) is 0.196. The van der Waals surface area contributed by atoms with Gasteiger partial charge in [0.2, 0.25) is 6.10 Å². The van der Waals surface area contributed by atoms with Crippen LogP contribution in [0.5, 0.6) is 5.75 Å². The van der Waals surface area contributed by atoms with E-state index >= 15 is 0 Å². The maximum absolute atomic E-state index is 12.0. The molecule has 0 fully saturated rings. The van der Waals surface area contributed by atoms with Crippen LogP contribution in [0, 0.1) is 0 Å². The van der Waals surface area contributed by atoms with Gasteiger partial charge in [-0.3, -0.25) is 4.99 Å². The summed E-state index contributed by atoms with van der Waals surface area (Å²) in [7, 11) is 0. The van der Waals surface area contributed by atoms with Gasteiger partial charge in [-0.1, -0.05) is 12.1 Å². The minimum atomic E-state index is -0.780. The van der Waals surface area contributed by atoms with E-state index in [2.05, 4.69) is 4.99 Å². The van der Waals surface area contributed by atoms with Crippen LogP contribution in [0.3, 0.4) is 0 Å². The van der Waals surface area contributed by atoms with Gasteiger partial charge in [-0.25, -0.2) is 4.79 Å². The molecule has 19 heavy (non-hydrogen) atoms. The molecular weight excluding hydrogens is 242 g/mol. The van der Waals surface area contributed by atoms with Crippen LogP contribution in [0.25, 0.3) is 0 Å². The van der Waals surface area contributed by atoms with E-state index in [9.17, 15) is 4.79 Å². The van der Waals surface area contributed by atoms with E-state index in [-0.39, 0.29) is 0 Å². The van der Waals surface area contributed by atoms with E-state index in [1.54, 1.807) is 24.6 Å². The maximum atomic E-state index is 12.0. The number of para-hydroxylation sites is 1. The molecule has 1 aromatic carbocycles. The lowest BCUT2D eigenvalue weighted by atomic mass is 10.2. The molecular formula is C15H17NO3. The van der Waals surface area contributed by atoms with Crippen LogP contribution in [-0.4, -0.2) is 23.9 Å². The highest BCUT2D eigenvalue weighted by atomic mass is 16.6. The first kappa shape index (κ1) is 13.3. The van der Waals surface area contributed by atoms with Gasteiger partial charge in [0.05, 0.1) is 0 Å². The average molecular weight is 259 g/mol. The molecule has 4 heteroatoms. The maximum Gasteiger partial charge on any atom is 0.352 e. The zero-order chi connectivity index (χ0) is 13.9. The normalized spacial score (nSPS) is 17.9. The third-order valence-electron chi connectivity index (χ3n) is 2.37. The lowest BCUT2D eigenvalue weighted by molar-refractivity contribution is -0.161. The first-order valence-corrected chi connectivity index (χ1v) is 6.14. The Morgan fingerprint density at radius 2 is 2.05 bits per heavy atom. The molecule has 4 nitrogen and oxygen atoms in total. The number of fused-ring (bicyclic) bond motifs is 1. The summed E-state index contributed by atoms with van der Waals surface area (Å²) in [5.41, 5.74) is 0.291. The van der Waals surface area contributed by atoms with Gasteiger partial charge in [-0.15, -0.1) is 0 Å². The summed E-state index contributed by atoms with van der Waals surface area (Å²) in [6, 6.07) is 7.42. The first-order chi connectivity index (χ1) is 8.96. The van der Waals surface area contributed by atoms with Crippen molar-refractivity contribution in [3.05, 3.63) is 42.1 Å². The number of nitrogens with zero attached hydrogens (tertiary/aromatic N) is 1. The average Bonchev–Trinajstić information content (AvgIpc) is 2.27. The summed E-state index contributed by atoms with van der Waals surface area (Å²) in [5, 5.41) is 0. The van der Waals surface area contributed by atoms with Crippen LogP contribution >= 0.6 is 0 Å². The van der Waals surface area contributed by atoms with Crippen molar-refractivity contribution in [1.29, 1.82) is 0 Å². The SMILES string of the molecule is CC(C)(C)OC(=O)C1C=CN=Cc2ccccc2O1. The Kier molecular flexibility index (Phi) is 3.69. The highest BCUT2D eigenvalue weighted by Gasteiger charge is 2.25. The van der Waals surface area contributed by atoms with Crippen LogP contribution in [0.4, 0.5) is 0 Å². The number of esters is 1. The molecule has 0 spiro atoms. The van der Waals surface area contributed by atoms with Gasteiger partial charge in [0.25, 0.3) is 0 Å². The van der Waals surface area contributed by atoms with Gasteiger partial charge in [0.15, 0.2) is 0 Å². The number of hydrogen-bond donors (Lipinski definition) is 0. The number of aliphatic imine (C=N–C) groups is 1. The van der Waals surface area contributed by atoms with Crippen molar-refractivity contribution >= 4 is 12.2 Å². The van der Waals surface area contributed by atoms with E-state index < -0.39 is 17.7 Å². The minimum absolute atomic E-state index is 0.421. The van der Waals surface area contributed by atoms with Crippen molar-refractivity contribution < 1.29 is 14.3 Å². The van der Waals surface area contributed by atoms with Gasteiger partial charge in [0.1, 0.15) is 11.4 Å². The van der Waals surface area contributed by atoms with Crippen LogP contribution in [0.2, 0.25) is 0 Å². The molecule has 0 radical (unpaired) electrons. The molecule has 1 heterocycles. The van der Waals surface area contributed by atoms with Crippen molar-refractivity contribution in [2.75, 3.05) is 0 Å². The highest BCUT2D eigenvalue weighted by Crippen LogP contribution is 2.21. The zero-order valence-corrected chi connectivity index (χ0v) is 11.3. The standard InChI is InChI=1S/C15H17NO3/c1-15(2,3)19-14(17)13-8-9-16-10-11-6-4-5-7-12(11)18-13/h4-10,13H,1-3H3. The molecule has 1 aliphatic rings. The molecule has 0 amide bonds. The Hall–Kier alpha value is -2.10. The van der Waals surface area contributed by atoms with E-state index in [0.717, 1.165) is 5.56 Å². The van der Waals surface area contributed by atoms with E-state index in [1.165, 1.54) is 0 Å². The molecule has 1 unspecified atom stereocenters. The largest absolute Gasteiger partial charge is 0.474 e. The smallest absolute Gasteiger partial charge is 0.352 e. The Balaban J connectivity index is 2.22. The van der Waals surface area contributed by atoms with E-state index in [1.807, 2.05) is 39.0 Å². The van der Waals surface area contributed by atoms with Crippen molar-refractivity contribution in [3.8, 4) is 5.75 Å². The molecule has 1 aromatic rings. The summed E-state index contributed by atoms with van der Waals surface area (Å²) >= 11 is 0. The lowest BCUT2D eigenvalue weighted by Gasteiger charge is -2.23. The lowest BCUT2D eigenvalue weighted by Crippen LogP contribution is -2.34. The molecule has 0 N–H and O–H groups in total. The third-order valence-corrected chi connectivity index (χ3v) is 2.37. The summed E-state index contributed by atoms with van der Waals surface area (Å²) < 4.78 is 11.0. The molecule has 0 aliphatic carbocycles. The Morgan fingerprint density at radius 1 is 1.32 bits per heavy atom.